The minimum Gasteiger partial charge on any atom is -0.352 e. The van der Waals surface area contributed by atoms with Crippen molar-refractivity contribution in [3.63, 3.8) is 0 Å². The van der Waals surface area contributed by atoms with Gasteiger partial charge in [0.2, 0.25) is 6.43 Å². The van der Waals surface area contributed by atoms with Gasteiger partial charge in [-0.1, -0.05) is 0 Å². The predicted molar refractivity (Wildman–Crippen MR) is 39.9 cm³/mol. The van der Waals surface area contributed by atoms with Crippen molar-refractivity contribution in [2.24, 2.45) is 11.7 Å². The molecule has 0 aliphatic heterocycles. The Balaban J connectivity index is 2.30. The van der Waals surface area contributed by atoms with E-state index in [9.17, 15) is 13.6 Å². The van der Waals surface area contributed by atoms with Crippen LogP contribution in [0, 0.1) is 5.92 Å². The van der Waals surface area contributed by atoms with Gasteiger partial charge in [0, 0.05) is 12.0 Å². The minimum absolute atomic E-state index is 0.151. The number of alkyl halides is 2. The Labute approximate surface area is 69.3 Å². The van der Waals surface area contributed by atoms with Gasteiger partial charge in [-0.05, 0) is 19.3 Å². The number of rotatable bonds is 2. The number of carbonyl (C=O) groups is 1. The molecule has 1 fully saturated rings. The fraction of sp³-hybridized carbons (Fsp3) is 0.857. The van der Waals surface area contributed by atoms with Crippen LogP contribution in [0.15, 0.2) is 0 Å². The van der Waals surface area contributed by atoms with E-state index in [0.717, 1.165) is 0 Å². The lowest BCUT2D eigenvalue weighted by atomic mass is 10.1. The van der Waals surface area contributed by atoms with Crippen molar-refractivity contribution in [1.29, 1.82) is 0 Å². The maximum atomic E-state index is 12.1. The van der Waals surface area contributed by atoms with E-state index in [-0.39, 0.29) is 6.04 Å². The van der Waals surface area contributed by atoms with Gasteiger partial charge in [0.25, 0.3) is 0 Å². The highest BCUT2D eigenvalue weighted by Gasteiger charge is 2.31. The molecule has 3 nitrogen and oxygen atoms in total. The number of urea groups is 1. The van der Waals surface area contributed by atoms with Crippen molar-refractivity contribution in [1.82, 2.24) is 5.32 Å². The fourth-order valence-corrected chi connectivity index (χ4v) is 1.58. The highest BCUT2D eigenvalue weighted by atomic mass is 19.3. The molecule has 1 saturated carbocycles. The smallest absolute Gasteiger partial charge is 0.312 e. The Morgan fingerprint density at radius 2 is 2.17 bits per heavy atom. The number of primary amides is 1. The van der Waals surface area contributed by atoms with Gasteiger partial charge in [0.05, 0.1) is 0 Å². The van der Waals surface area contributed by atoms with Gasteiger partial charge in [-0.25, -0.2) is 13.6 Å². The van der Waals surface area contributed by atoms with E-state index in [2.05, 4.69) is 5.32 Å². The first kappa shape index (κ1) is 9.22. The normalized spacial score (nSPS) is 29.2. The standard InChI is InChI=1S/C7H12F2N2O/c8-6(9)4-1-2-5(3-4)11-7(10)12/h4-6H,1-3H2,(H3,10,11,12)/t4-,5+/m0/s1. The number of hydrogen-bond acceptors (Lipinski definition) is 1. The largest absolute Gasteiger partial charge is 0.352 e. The molecule has 3 N–H and O–H groups in total. The molecule has 1 aliphatic rings. The summed E-state index contributed by atoms with van der Waals surface area (Å²) in [7, 11) is 0. The molecule has 0 unspecified atom stereocenters. The van der Waals surface area contributed by atoms with Crippen LogP contribution >= 0.6 is 0 Å². The summed E-state index contributed by atoms with van der Waals surface area (Å²) in [4.78, 5) is 10.4. The lowest BCUT2D eigenvalue weighted by molar-refractivity contribution is 0.0795. The lowest BCUT2D eigenvalue weighted by Crippen LogP contribution is -2.37. The van der Waals surface area contributed by atoms with Crippen LogP contribution < -0.4 is 11.1 Å². The zero-order chi connectivity index (χ0) is 9.14. The van der Waals surface area contributed by atoms with Crippen molar-refractivity contribution < 1.29 is 13.6 Å². The highest BCUT2D eigenvalue weighted by Crippen LogP contribution is 2.30. The average Bonchev–Trinajstić information content (AvgIpc) is 2.34. The quantitative estimate of drug-likeness (QED) is 0.653. The number of nitrogens with two attached hydrogens (primary N) is 1. The molecule has 0 aromatic heterocycles. The third kappa shape index (κ3) is 2.32. The summed E-state index contributed by atoms with van der Waals surface area (Å²) in [6.45, 7) is 0. The summed E-state index contributed by atoms with van der Waals surface area (Å²) in [5.41, 5.74) is 4.86. The summed E-state index contributed by atoms with van der Waals surface area (Å²) in [6.07, 6.45) is -0.842. The van der Waals surface area contributed by atoms with Crippen LogP contribution in [0.5, 0.6) is 0 Å². The SMILES string of the molecule is NC(=O)N[C@@H]1CC[C@H](C(F)F)C1. The van der Waals surface area contributed by atoms with Gasteiger partial charge < -0.3 is 11.1 Å². The Bertz CT molecular complexity index is 175. The summed E-state index contributed by atoms with van der Waals surface area (Å²) in [5.74, 6) is -0.568. The topological polar surface area (TPSA) is 55.1 Å². The number of carbonyl (C=O) groups excluding carboxylic acids is 1. The molecule has 0 aromatic rings. The second-order valence-corrected chi connectivity index (χ2v) is 3.11. The summed E-state index contributed by atoms with van der Waals surface area (Å²) >= 11 is 0. The van der Waals surface area contributed by atoms with E-state index >= 15 is 0 Å². The van der Waals surface area contributed by atoms with Crippen LogP contribution in [0.25, 0.3) is 0 Å². The molecule has 70 valence electrons. The van der Waals surface area contributed by atoms with Gasteiger partial charge in [0.1, 0.15) is 0 Å². The number of amides is 2. The summed E-state index contributed by atoms with van der Waals surface area (Å²) in [6, 6.07) is -0.781. The second kappa shape index (κ2) is 3.69. The van der Waals surface area contributed by atoms with Crippen LogP contribution in [0.3, 0.4) is 0 Å². The van der Waals surface area contributed by atoms with Crippen LogP contribution in [0.4, 0.5) is 13.6 Å². The first-order valence-corrected chi connectivity index (χ1v) is 3.93. The van der Waals surface area contributed by atoms with Crippen molar-refractivity contribution >= 4 is 6.03 Å². The molecule has 0 radical (unpaired) electrons. The molecule has 2 atom stereocenters. The Kier molecular flexibility index (Phi) is 2.83. The lowest BCUT2D eigenvalue weighted by Gasteiger charge is -2.10. The third-order valence-corrected chi connectivity index (χ3v) is 2.18. The molecule has 0 heterocycles. The van der Waals surface area contributed by atoms with Gasteiger partial charge in [-0.15, -0.1) is 0 Å². The van der Waals surface area contributed by atoms with Crippen molar-refractivity contribution in [2.45, 2.75) is 31.7 Å². The van der Waals surface area contributed by atoms with E-state index < -0.39 is 18.4 Å². The maximum absolute atomic E-state index is 12.1. The van der Waals surface area contributed by atoms with E-state index in [1.165, 1.54) is 0 Å². The van der Waals surface area contributed by atoms with Crippen LogP contribution in [-0.2, 0) is 0 Å². The first-order valence-electron chi connectivity index (χ1n) is 3.93. The number of halogens is 2. The fourth-order valence-electron chi connectivity index (χ4n) is 1.58. The Morgan fingerprint density at radius 3 is 2.58 bits per heavy atom. The maximum Gasteiger partial charge on any atom is 0.312 e. The van der Waals surface area contributed by atoms with Crippen molar-refractivity contribution in [2.75, 3.05) is 0 Å². The monoisotopic (exact) mass is 178 g/mol. The van der Waals surface area contributed by atoms with E-state index in [0.29, 0.717) is 19.3 Å². The molecular weight excluding hydrogens is 166 g/mol. The molecule has 5 heteroatoms. The molecule has 0 bridgehead atoms. The number of nitrogens with one attached hydrogen (secondary N) is 1. The molecule has 2 amide bonds. The average molecular weight is 178 g/mol. The molecular formula is C7H12F2N2O. The highest BCUT2D eigenvalue weighted by molar-refractivity contribution is 5.71. The minimum atomic E-state index is -2.27. The first-order chi connectivity index (χ1) is 5.59. The molecule has 12 heavy (non-hydrogen) atoms. The van der Waals surface area contributed by atoms with Gasteiger partial charge in [0.15, 0.2) is 0 Å². The van der Waals surface area contributed by atoms with Crippen LogP contribution in [0.1, 0.15) is 19.3 Å². The van der Waals surface area contributed by atoms with Crippen molar-refractivity contribution in [3.8, 4) is 0 Å². The number of hydrogen-bond donors (Lipinski definition) is 2. The van der Waals surface area contributed by atoms with Gasteiger partial charge in [-0.3, -0.25) is 0 Å². The van der Waals surface area contributed by atoms with Gasteiger partial charge in [-0.2, -0.15) is 0 Å². The summed E-state index contributed by atoms with van der Waals surface area (Å²) in [5, 5.41) is 2.43. The van der Waals surface area contributed by atoms with E-state index in [1.54, 1.807) is 0 Å². The van der Waals surface area contributed by atoms with Crippen LogP contribution in [-0.4, -0.2) is 18.5 Å². The van der Waals surface area contributed by atoms with E-state index in [1.807, 2.05) is 0 Å². The Morgan fingerprint density at radius 1 is 1.50 bits per heavy atom. The predicted octanol–water partition coefficient (Wildman–Crippen LogP) is 1.09. The second-order valence-electron chi connectivity index (χ2n) is 3.11. The molecule has 0 spiro atoms. The Hall–Kier alpha value is -0.870. The zero-order valence-corrected chi connectivity index (χ0v) is 6.59. The molecule has 0 saturated heterocycles. The zero-order valence-electron chi connectivity index (χ0n) is 6.59. The summed E-state index contributed by atoms with van der Waals surface area (Å²) < 4.78 is 24.2. The van der Waals surface area contributed by atoms with Crippen LogP contribution in [0.2, 0.25) is 0 Å². The van der Waals surface area contributed by atoms with Crippen molar-refractivity contribution in [3.05, 3.63) is 0 Å². The van der Waals surface area contributed by atoms with E-state index in [4.69, 9.17) is 5.73 Å². The van der Waals surface area contributed by atoms with Gasteiger partial charge >= 0.3 is 6.03 Å². The third-order valence-electron chi connectivity index (χ3n) is 2.18. The molecule has 1 aliphatic carbocycles. The molecule has 1 rings (SSSR count). The molecule has 0 aromatic carbocycles.